The summed E-state index contributed by atoms with van der Waals surface area (Å²) in [5, 5.41) is 15.0. The fraction of sp³-hybridized carbons (Fsp3) is 0.278. The number of nitrogens with one attached hydrogen (secondary N) is 2. The Morgan fingerprint density at radius 2 is 1.88 bits per heavy atom. The first-order valence-corrected chi connectivity index (χ1v) is 7.68. The van der Waals surface area contributed by atoms with E-state index < -0.39 is 12.0 Å². The zero-order chi connectivity index (χ0) is 17.5. The second-order valence-corrected chi connectivity index (χ2v) is 5.65. The van der Waals surface area contributed by atoms with Crippen LogP contribution < -0.4 is 10.6 Å². The van der Waals surface area contributed by atoms with E-state index in [1.807, 2.05) is 38.1 Å². The third-order valence-corrected chi connectivity index (χ3v) is 3.71. The van der Waals surface area contributed by atoms with E-state index in [0.717, 1.165) is 22.4 Å². The van der Waals surface area contributed by atoms with E-state index in [1.165, 1.54) is 0 Å². The molecule has 1 aromatic heterocycles. The van der Waals surface area contributed by atoms with Crippen molar-refractivity contribution in [3.05, 3.63) is 59.4 Å². The lowest BCUT2D eigenvalue weighted by atomic mass is 10.1. The van der Waals surface area contributed by atoms with Crippen LogP contribution in [-0.4, -0.2) is 28.0 Å². The number of carbonyl (C=O) groups is 2. The van der Waals surface area contributed by atoms with Crippen LogP contribution in [0.25, 0.3) is 0 Å². The summed E-state index contributed by atoms with van der Waals surface area (Å²) in [7, 11) is 0. The zero-order valence-electron chi connectivity index (χ0n) is 13.7. The Morgan fingerprint density at radius 3 is 2.46 bits per heavy atom. The highest BCUT2D eigenvalue weighted by molar-refractivity contribution is 5.95. The third kappa shape index (κ3) is 4.89. The van der Waals surface area contributed by atoms with Crippen LogP contribution >= 0.6 is 0 Å². The Labute approximate surface area is 140 Å². The number of carboxylic acids is 1. The first kappa shape index (κ1) is 17.6. The molecule has 1 atom stereocenters. The average molecular weight is 327 g/mol. The molecule has 0 aliphatic carbocycles. The van der Waals surface area contributed by atoms with Gasteiger partial charge in [-0.2, -0.15) is 0 Å². The quantitative estimate of drug-likeness (QED) is 0.725. The molecule has 2 rings (SSSR count). The molecule has 2 aromatic rings. The molecular weight excluding hydrogens is 306 g/mol. The van der Waals surface area contributed by atoms with Crippen LogP contribution in [0.5, 0.6) is 0 Å². The molecule has 0 aliphatic rings. The normalized spacial score (nSPS) is 11.8. The maximum atomic E-state index is 12.2. The zero-order valence-corrected chi connectivity index (χ0v) is 13.7. The summed E-state index contributed by atoms with van der Waals surface area (Å²) >= 11 is 0. The highest BCUT2D eigenvalue weighted by Crippen LogP contribution is 2.19. The minimum absolute atomic E-state index is 0.149. The van der Waals surface area contributed by atoms with Gasteiger partial charge in [0.1, 0.15) is 6.04 Å². The minimum atomic E-state index is -1.06. The molecule has 0 spiro atoms. The number of anilines is 1. The number of aliphatic carboxylic acids is 1. The van der Waals surface area contributed by atoms with Crippen LogP contribution in [0.15, 0.2) is 42.7 Å². The Hall–Kier alpha value is -2.73. The van der Waals surface area contributed by atoms with Crippen molar-refractivity contribution in [3.8, 4) is 0 Å². The van der Waals surface area contributed by atoms with E-state index in [0.29, 0.717) is 6.54 Å². The Bertz CT molecular complexity index is 696. The second-order valence-electron chi connectivity index (χ2n) is 5.65. The highest BCUT2D eigenvalue weighted by Gasteiger charge is 2.21. The predicted molar refractivity (Wildman–Crippen MR) is 91.7 cm³/mol. The molecular formula is C18H21N3O3. The van der Waals surface area contributed by atoms with E-state index in [1.54, 1.807) is 18.5 Å². The minimum Gasteiger partial charge on any atom is -0.480 e. The van der Waals surface area contributed by atoms with Crippen molar-refractivity contribution in [1.82, 2.24) is 10.3 Å². The molecule has 0 aliphatic heterocycles. The molecule has 6 heteroatoms. The van der Waals surface area contributed by atoms with Crippen LogP contribution in [0.3, 0.4) is 0 Å². The van der Waals surface area contributed by atoms with Gasteiger partial charge in [0.05, 0.1) is 6.42 Å². The summed E-state index contributed by atoms with van der Waals surface area (Å²) in [4.78, 5) is 27.6. The number of hydrogen-bond donors (Lipinski definition) is 3. The molecule has 24 heavy (non-hydrogen) atoms. The van der Waals surface area contributed by atoms with E-state index in [-0.39, 0.29) is 12.3 Å². The first-order valence-electron chi connectivity index (χ1n) is 7.68. The molecule has 1 aromatic carbocycles. The first-order chi connectivity index (χ1) is 11.5. The maximum Gasteiger partial charge on any atom is 0.321 e. The lowest BCUT2D eigenvalue weighted by Gasteiger charge is -2.16. The van der Waals surface area contributed by atoms with Gasteiger partial charge in [0.25, 0.3) is 0 Å². The molecule has 126 valence electrons. The largest absolute Gasteiger partial charge is 0.480 e. The fourth-order valence-electron chi connectivity index (χ4n) is 2.38. The highest BCUT2D eigenvalue weighted by atomic mass is 16.4. The number of carboxylic acid groups (broad SMARTS) is 1. The van der Waals surface area contributed by atoms with Crippen LogP contribution in [0, 0.1) is 13.8 Å². The van der Waals surface area contributed by atoms with Crippen molar-refractivity contribution in [1.29, 1.82) is 0 Å². The molecule has 0 bridgehead atoms. The van der Waals surface area contributed by atoms with Crippen molar-refractivity contribution in [2.45, 2.75) is 32.9 Å². The van der Waals surface area contributed by atoms with Gasteiger partial charge in [0.2, 0.25) is 5.91 Å². The van der Waals surface area contributed by atoms with Gasteiger partial charge in [0, 0.05) is 24.6 Å². The lowest BCUT2D eigenvalue weighted by molar-refractivity contribution is -0.141. The van der Waals surface area contributed by atoms with Gasteiger partial charge in [-0.3, -0.25) is 19.9 Å². The molecule has 6 nitrogen and oxygen atoms in total. The summed E-state index contributed by atoms with van der Waals surface area (Å²) in [6.07, 6.45) is 3.15. The van der Waals surface area contributed by atoms with Crippen LogP contribution in [-0.2, 0) is 16.1 Å². The lowest BCUT2D eigenvalue weighted by Crippen LogP contribution is -2.39. The van der Waals surface area contributed by atoms with Crippen LogP contribution in [0.4, 0.5) is 5.69 Å². The van der Waals surface area contributed by atoms with Crippen molar-refractivity contribution in [2.24, 2.45) is 0 Å². The number of amides is 1. The Balaban J connectivity index is 1.97. The number of para-hydroxylation sites is 1. The monoisotopic (exact) mass is 327 g/mol. The smallest absolute Gasteiger partial charge is 0.321 e. The molecule has 0 saturated carbocycles. The number of benzene rings is 1. The van der Waals surface area contributed by atoms with Gasteiger partial charge >= 0.3 is 5.97 Å². The topological polar surface area (TPSA) is 91.3 Å². The van der Waals surface area contributed by atoms with Gasteiger partial charge in [-0.15, -0.1) is 0 Å². The van der Waals surface area contributed by atoms with E-state index in [4.69, 9.17) is 0 Å². The predicted octanol–water partition coefficient (Wildman–Crippen LogP) is 2.27. The van der Waals surface area contributed by atoms with Crippen molar-refractivity contribution < 1.29 is 14.7 Å². The van der Waals surface area contributed by atoms with E-state index >= 15 is 0 Å². The number of carbonyl (C=O) groups excluding carboxylic acids is 1. The van der Waals surface area contributed by atoms with Gasteiger partial charge in [-0.25, -0.2) is 0 Å². The summed E-state index contributed by atoms with van der Waals surface area (Å²) in [5.74, 6) is -1.39. The summed E-state index contributed by atoms with van der Waals surface area (Å²) in [6, 6.07) is 8.37. The van der Waals surface area contributed by atoms with Gasteiger partial charge < -0.3 is 10.4 Å². The fourth-order valence-corrected chi connectivity index (χ4v) is 2.38. The third-order valence-electron chi connectivity index (χ3n) is 3.71. The summed E-state index contributed by atoms with van der Waals surface area (Å²) in [6.45, 7) is 4.14. The number of aryl methyl sites for hydroxylation is 2. The molecule has 3 N–H and O–H groups in total. The van der Waals surface area contributed by atoms with Gasteiger partial charge in [0.15, 0.2) is 0 Å². The summed E-state index contributed by atoms with van der Waals surface area (Å²) < 4.78 is 0. The summed E-state index contributed by atoms with van der Waals surface area (Å²) in [5.41, 5.74) is 3.48. The molecule has 1 unspecified atom stereocenters. The SMILES string of the molecule is Cc1cccc(C)c1NC(=O)CC(NCc1cccnc1)C(=O)O. The van der Waals surface area contributed by atoms with Crippen molar-refractivity contribution in [2.75, 3.05) is 5.32 Å². The number of nitrogens with zero attached hydrogens (tertiary/aromatic N) is 1. The number of hydrogen-bond acceptors (Lipinski definition) is 4. The van der Waals surface area contributed by atoms with Crippen LogP contribution in [0.1, 0.15) is 23.1 Å². The Kier molecular flexibility index (Phi) is 6.03. The van der Waals surface area contributed by atoms with Crippen molar-refractivity contribution >= 4 is 17.6 Å². The van der Waals surface area contributed by atoms with Gasteiger partial charge in [-0.05, 0) is 36.6 Å². The molecule has 0 fully saturated rings. The molecule has 1 heterocycles. The van der Waals surface area contributed by atoms with E-state index in [9.17, 15) is 14.7 Å². The average Bonchev–Trinajstić information content (AvgIpc) is 2.55. The molecule has 0 radical (unpaired) electrons. The number of aromatic nitrogens is 1. The molecule has 0 saturated heterocycles. The number of rotatable bonds is 7. The maximum absolute atomic E-state index is 12.2. The Morgan fingerprint density at radius 1 is 1.17 bits per heavy atom. The molecule has 1 amide bonds. The van der Waals surface area contributed by atoms with E-state index in [2.05, 4.69) is 15.6 Å². The van der Waals surface area contributed by atoms with Gasteiger partial charge in [-0.1, -0.05) is 24.3 Å². The second kappa shape index (κ2) is 8.21. The standard InChI is InChI=1S/C18H21N3O3/c1-12-5-3-6-13(2)17(12)21-16(22)9-15(18(23)24)20-11-14-7-4-8-19-10-14/h3-8,10,15,20H,9,11H2,1-2H3,(H,21,22)(H,23,24). The van der Waals surface area contributed by atoms with Crippen molar-refractivity contribution in [3.63, 3.8) is 0 Å². The van der Waals surface area contributed by atoms with Crippen LogP contribution in [0.2, 0.25) is 0 Å². The number of pyridine rings is 1.